The van der Waals surface area contributed by atoms with Crippen LogP contribution in [-0.4, -0.2) is 44.7 Å². The first-order valence-corrected chi connectivity index (χ1v) is 11.5. The van der Waals surface area contributed by atoms with Crippen LogP contribution < -0.4 is 15.5 Å². The Hall–Kier alpha value is -2.82. The quantitative estimate of drug-likeness (QED) is 0.621. The Morgan fingerprint density at radius 1 is 1.03 bits per heavy atom. The second kappa shape index (κ2) is 9.54. The van der Waals surface area contributed by atoms with Gasteiger partial charge in [-0.15, -0.1) is 0 Å². The average Bonchev–Trinajstić information content (AvgIpc) is 2.72. The van der Waals surface area contributed by atoms with Crippen molar-refractivity contribution in [1.82, 2.24) is 4.98 Å². The van der Waals surface area contributed by atoms with Gasteiger partial charge in [-0.1, -0.05) is 0 Å². The molecule has 0 atom stereocenters. The van der Waals surface area contributed by atoms with Crippen LogP contribution in [0.4, 0.5) is 30.4 Å². The number of halogens is 3. The van der Waals surface area contributed by atoms with Crippen LogP contribution in [0.25, 0.3) is 0 Å². The lowest BCUT2D eigenvalue weighted by atomic mass is 10.1. The van der Waals surface area contributed by atoms with Gasteiger partial charge in [0.15, 0.2) is 27.3 Å². The highest BCUT2D eigenvalue weighted by Crippen LogP contribution is 2.30. The molecule has 31 heavy (non-hydrogen) atoms. The number of rotatable bonds is 7. The van der Waals surface area contributed by atoms with E-state index >= 15 is 0 Å². The molecule has 1 fully saturated rings. The molecule has 0 radical (unpaired) electrons. The normalized spacial score (nSPS) is 14.4. The summed E-state index contributed by atoms with van der Waals surface area (Å²) in [5.41, 5.74) is 1.10. The van der Waals surface area contributed by atoms with Crippen molar-refractivity contribution in [3.8, 4) is 0 Å². The topological polar surface area (TPSA) is 91.4 Å². The molecule has 0 aliphatic carbocycles. The number of nitrogens with zero attached hydrogens (tertiary/aromatic N) is 2. The van der Waals surface area contributed by atoms with E-state index in [0.717, 1.165) is 19.3 Å². The second-order valence-electron chi connectivity index (χ2n) is 7.24. The monoisotopic (exact) mass is 456 g/mol. The summed E-state index contributed by atoms with van der Waals surface area (Å²) in [4.78, 5) is 14.5. The third kappa shape index (κ3) is 5.46. The molecule has 2 heterocycles. The fraction of sp³-hybridized carbons (Fsp3) is 0.400. The molecule has 1 aromatic carbocycles. The van der Waals surface area contributed by atoms with Crippen molar-refractivity contribution < 1.29 is 26.4 Å². The maximum Gasteiger partial charge on any atom is 0.252 e. The van der Waals surface area contributed by atoms with Crippen LogP contribution in [0.3, 0.4) is 0 Å². The molecular formula is C20H23F3N4O3S. The summed E-state index contributed by atoms with van der Waals surface area (Å²) in [5, 5.41) is 5.42. The Labute approximate surface area is 178 Å². The third-order valence-corrected chi connectivity index (χ3v) is 6.57. The van der Waals surface area contributed by atoms with Crippen molar-refractivity contribution in [2.24, 2.45) is 0 Å². The number of hydrogen-bond acceptors (Lipinski definition) is 6. The van der Waals surface area contributed by atoms with Crippen molar-refractivity contribution >= 4 is 32.9 Å². The highest BCUT2D eigenvalue weighted by atomic mass is 32.2. The zero-order valence-electron chi connectivity index (χ0n) is 16.9. The average molecular weight is 456 g/mol. The van der Waals surface area contributed by atoms with E-state index in [9.17, 15) is 26.4 Å². The van der Waals surface area contributed by atoms with E-state index in [1.165, 1.54) is 11.8 Å². The number of sulfone groups is 1. The Morgan fingerprint density at radius 3 is 2.26 bits per heavy atom. The maximum absolute atomic E-state index is 14.9. The van der Waals surface area contributed by atoms with Crippen LogP contribution >= 0.6 is 0 Å². The minimum absolute atomic E-state index is 0.163. The Kier molecular flexibility index (Phi) is 7.04. The smallest absolute Gasteiger partial charge is 0.252 e. The standard InChI is InChI=1S/C20H23F3N4O3S/c1-13(28)25-15-7-5-14(6-8-15)24-9-12-31(29,30)18-16(21)19(23)26-20(17(18)22)27-10-3-2-4-11-27/h5-8,24H,2-4,9-12H2,1H3,(H,25,28). The van der Waals surface area contributed by atoms with Gasteiger partial charge in [0, 0.05) is 37.9 Å². The van der Waals surface area contributed by atoms with Crippen LogP contribution in [0.1, 0.15) is 26.2 Å². The van der Waals surface area contributed by atoms with Gasteiger partial charge in [-0.3, -0.25) is 4.79 Å². The summed E-state index contributed by atoms with van der Waals surface area (Å²) in [6.45, 7) is 1.99. The summed E-state index contributed by atoms with van der Waals surface area (Å²) >= 11 is 0. The number of anilines is 3. The molecule has 1 saturated heterocycles. The minimum atomic E-state index is -4.48. The zero-order chi connectivity index (χ0) is 22.6. The van der Waals surface area contributed by atoms with E-state index in [0.29, 0.717) is 24.5 Å². The SMILES string of the molecule is CC(=O)Nc1ccc(NCCS(=O)(=O)c2c(F)c(F)nc(N3CCCCC3)c2F)cc1. The largest absolute Gasteiger partial charge is 0.384 e. The van der Waals surface area contributed by atoms with Gasteiger partial charge in [0.05, 0.1) is 5.75 Å². The lowest BCUT2D eigenvalue weighted by Crippen LogP contribution is -2.32. The van der Waals surface area contributed by atoms with Gasteiger partial charge in [0.25, 0.3) is 5.95 Å². The lowest BCUT2D eigenvalue weighted by molar-refractivity contribution is -0.114. The van der Waals surface area contributed by atoms with Crippen molar-refractivity contribution in [2.45, 2.75) is 31.1 Å². The summed E-state index contributed by atoms with van der Waals surface area (Å²) in [7, 11) is -4.48. The number of nitrogens with one attached hydrogen (secondary N) is 2. The van der Waals surface area contributed by atoms with Gasteiger partial charge in [-0.05, 0) is 43.5 Å². The van der Waals surface area contributed by atoms with Gasteiger partial charge in [-0.2, -0.15) is 9.37 Å². The first-order valence-electron chi connectivity index (χ1n) is 9.83. The number of amides is 1. The van der Waals surface area contributed by atoms with Crippen LogP contribution in [0.2, 0.25) is 0 Å². The molecule has 11 heteroatoms. The summed E-state index contributed by atoms with van der Waals surface area (Å²) in [5.74, 6) is -6.17. The Bertz CT molecular complexity index is 1060. The van der Waals surface area contributed by atoms with Crippen LogP contribution in [0.5, 0.6) is 0 Å². The number of benzene rings is 1. The van der Waals surface area contributed by atoms with Crippen molar-refractivity contribution in [3.05, 3.63) is 41.8 Å². The first kappa shape index (κ1) is 22.9. The number of carbonyl (C=O) groups excluding carboxylic acids is 1. The predicted octanol–water partition coefficient (Wildman–Crippen LogP) is 3.33. The van der Waals surface area contributed by atoms with E-state index in [1.54, 1.807) is 24.3 Å². The fourth-order valence-corrected chi connectivity index (χ4v) is 4.67. The third-order valence-electron chi connectivity index (χ3n) is 4.85. The Balaban J connectivity index is 1.75. The van der Waals surface area contributed by atoms with Crippen molar-refractivity contribution in [3.63, 3.8) is 0 Å². The predicted molar refractivity (Wildman–Crippen MR) is 111 cm³/mol. The van der Waals surface area contributed by atoms with Crippen LogP contribution in [-0.2, 0) is 14.6 Å². The molecule has 1 aromatic heterocycles. The van der Waals surface area contributed by atoms with Crippen molar-refractivity contribution in [2.75, 3.05) is 40.9 Å². The lowest BCUT2D eigenvalue weighted by Gasteiger charge is -2.28. The summed E-state index contributed by atoms with van der Waals surface area (Å²) < 4.78 is 68.5. The molecular weight excluding hydrogens is 433 g/mol. The van der Waals surface area contributed by atoms with Gasteiger partial charge in [0.1, 0.15) is 4.90 Å². The molecule has 1 aliphatic rings. The summed E-state index contributed by atoms with van der Waals surface area (Å²) in [6, 6.07) is 6.45. The number of aromatic nitrogens is 1. The molecule has 0 saturated carbocycles. The first-order chi connectivity index (χ1) is 14.7. The molecule has 0 unspecified atom stereocenters. The second-order valence-corrected chi connectivity index (χ2v) is 9.28. The molecule has 168 valence electrons. The minimum Gasteiger partial charge on any atom is -0.384 e. The van der Waals surface area contributed by atoms with E-state index in [1.807, 2.05) is 0 Å². The number of pyridine rings is 1. The zero-order valence-corrected chi connectivity index (χ0v) is 17.7. The molecule has 0 bridgehead atoms. The van der Waals surface area contributed by atoms with Crippen LogP contribution in [0, 0.1) is 17.6 Å². The molecule has 7 nitrogen and oxygen atoms in total. The van der Waals surface area contributed by atoms with E-state index in [-0.39, 0.29) is 12.5 Å². The summed E-state index contributed by atoms with van der Waals surface area (Å²) in [6.07, 6.45) is 2.38. The highest BCUT2D eigenvalue weighted by molar-refractivity contribution is 7.91. The number of carbonyl (C=O) groups is 1. The number of hydrogen-bond donors (Lipinski definition) is 2. The van der Waals surface area contributed by atoms with Crippen LogP contribution in [0.15, 0.2) is 29.2 Å². The van der Waals surface area contributed by atoms with Gasteiger partial charge < -0.3 is 15.5 Å². The van der Waals surface area contributed by atoms with Crippen molar-refractivity contribution in [1.29, 1.82) is 0 Å². The molecule has 3 rings (SSSR count). The molecule has 2 N–H and O–H groups in total. The highest BCUT2D eigenvalue weighted by Gasteiger charge is 2.32. The van der Waals surface area contributed by atoms with Gasteiger partial charge in [0.2, 0.25) is 5.91 Å². The van der Waals surface area contributed by atoms with Gasteiger partial charge in [-0.25, -0.2) is 17.2 Å². The fourth-order valence-electron chi connectivity index (χ4n) is 3.38. The Morgan fingerprint density at radius 2 is 1.65 bits per heavy atom. The van der Waals surface area contributed by atoms with E-state index < -0.39 is 43.9 Å². The molecule has 2 aromatic rings. The molecule has 1 aliphatic heterocycles. The van der Waals surface area contributed by atoms with E-state index in [4.69, 9.17) is 0 Å². The van der Waals surface area contributed by atoms with Gasteiger partial charge >= 0.3 is 0 Å². The number of piperidine rings is 1. The maximum atomic E-state index is 14.9. The molecule has 1 amide bonds. The van der Waals surface area contributed by atoms with E-state index in [2.05, 4.69) is 15.6 Å². The molecule has 0 spiro atoms.